The Morgan fingerprint density at radius 3 is 2.66 bits per heavy atom. The van der Waals surface area contributed by atoms with Gasteiger partial charge in [-0.25, -0.2) is 13.9 Å². The van der Waals surface area contributed by atoms with Crippen molar-refractivity contribution in [3.8, 4) is 5.75 Å². The molecule has 3 aromatic heterocycles. The van der Waals surface area contributed by atoms with Gasteiger partial charge in [-0.2, -0.15) is 0 Å². The summed E-state index contributed by atoms with van der Waals surface area (Å²) >= 11 is 0. The van der Waals surface area contributed by atoms with Crippen molar-refractivity contribution >= 4 is 34.4 Å². The van der Waals surface area contributed by atoms with Crippen LogP contribution in [0.25, 0.3) is 5.65 Å². The van der Waals surface area contributed by atoms with Crippen molar-refractivity contribution < 1.29 is 19.0 Å². The standard InChI is InChI=1S/C26H29FN8O3/c27-20-14-29-10-9-21(20)33-26(37)23-15-30-25-22(31-17-5-7-19(8-6-17)38-12-11-36)13-24(34-35(23)25)32-18-3-1-16(28)2-4-18/h5-10,13-16,18,31,36H,1-4,11-12,28H2,(H,32,34)(H,29,33,37). The quantitative estimate of drug-likeness (QED) is 0.224. The number of ether oxygens (including phenoxy) is 1. The Morgan fingerprint density at radius 2 is 1.92 bits per heavy atom. The van der Waals surface area contributed by atoms with Gasteiger partial charge in [0, 0.05) is 30.0 Å². The van der Waals surface area contributed by atoms with Gasteiger partial charge in [0.15, 0.2) is 17.2 Å². The van der Waals surface area contributed by atoms with Crippen LogP contribution in [0.3, 0.4) is 0 Å². The van der Waals surface area contributed by atoms with E-state index in [-0.39, 0.29) is 36.7 Å². The second-order valence-corrected chi connectivity index (χ2v) is 9.11. The maximum absolute atomic E-state index is 14.1. The van der Waals surface area contributed by atoms with Gasteiger partial charge in [0.1, 0.15) is 18.2 Å². The smallest absolute Gasteiger partial charge is 0.276 e. The number of benzene rings is 1. The molecule has 38 heavy (non-hydrogen) atoms. The van der Waals surface area contributed by atoms with E-state index in [9.17, 15) is 9.18 Å². The zero-order valence-electron chi connectivity index (χ0n) is 20.6. The van der Waals surface area contributed by atoms with Crippen LogP contribution in [0.1, 0.15) is 36.2 Å². The lowest BCUT2D eigenvalue weighted by Gasteiger charge is -2.27. The molecule has 1 aromatic carbocycles. The summed E-state index contributed by atoms with van der Waals surface area (Å²) < 4.78 is 21.0. The number of anilines is 4. The summed E-state index contributed by atoms with van der Waals surface area (Å²) in [6.07, 6.45) is 7.50. The number of aromatic nitrogens is 4. The Balaban J connectivity index is 1.46. The number of carbonyl (C=O) groups is 1. The minimum Gasteiger partial charge on any atom is -0.491 e. The number of imidazole rings is 1. The average Bonchev–Trinajstić information content (AvgIpc) is 3.35. The molecule has 1 aliphatic rings. The van der Waals surface area contributed by atoms with Gasteiger partial charge in [-0.05, 0) is 56.0 Å². The number of amides is 1. The number of fused-ring (bicyclic) bond motifs is 1. The Labute approximate surface area is 218 Å². The van der Waals surface area contributed by atoms with Gasteiger partial charge in [0.25, 0.3) is 5.91 Å². The number of nitrogens with two attached hydrogens (primary N) is 1. The summed E-state index contributed by atoms with van der Waals surface area (Å²) in [6.45, 7) is 0.141. The number of aliphatic hydroxyl groups is 1. The predicted molar refractivity (Wildman–Crippen MR) is 141 cm³/mol. The number of hydrogen-bond donors (Lipinski definition) is 5. The summed E-state index contributed by atoms with van der Waals surface area (Å²) in [5, 5.41) is 23.0. The van der Waals surface area contributed by atoms with Crippen LogP contribution in [0.4, 0.5) is 27.3 Å². The first-order valence-corrected chi connectivity index (χ1v) is 12.4. The Bertz CT molecular complexity index is 1400. The van der Waals surface area contributed by atoms with E-state index in [1.54, 1.807) is 12.1 Å². The number of hydrogen-bond acceptors (Lipinski definition) is 9. The van der Waals surface area contributed by atoms with Gasteiger partial charge in [-0.1, -0.05) is 0 Å². The van der Waals surface area contributed by atoms with Crippen LogP contribution in [-0.2, 0) is 0 Å². The van der Waals surface area contributed by atoms with Gasteiger partial charge < -0.3 is 31.5 Å². The minimum absolute atomic E-state index is 0.00892. The predicted octanol–water partition coefficient (Wildman–Crippen LogP) is 3.31. The van der Waals surface area contributed by atoms with E-state index in [2.05, 4.69) is 31.0 Å². The summed E-state index contributed by atoms with van der Waals surface area (Å²) in [5.74, 6) is -0.0162. The number of pyridine rings is 1. The van der Waals surface area contributed by atoms with E-state index in [0.29, 0.717) is 22.9 Å². The number of aliphatic hydroxyl groups excluding tert-OH is 1. The molecule has 6 N–H and O–H groups in total. The number of halogens is 1. The highest BCUT2D eigenvalue weighted by molar-refractivity contribution is 6.03. The average molecular weight is 521 g/mol. The fraction of sp³-hybridized carbons (Fsp3) is 0.308. The van der Waals surface area contributed by atoms with Crippen molar-refractivity contribution in [3.63, 3.8) is 0 Å². The fourth-order valence-corrected chi connectivity index (χ4v) is 4.37. The highest BCUT2D eigenvalue weighted by Crippen LogP contribution is 2.28. The first-order valence-electron chi connectivity index (χ1n) is 12.4. The summed E-state index contributed by atoms with van der Waals surface area (Å²) in [4.78, 5) is 21.2. The van der Waals surface area contributed by atoms with Gasteiger partial charge >= 0.3 is 0 Å². The molecule has 0 atom stereocenters. The van der Waals surface area contributed by atoms with Crippen molar-refractivity contribution in [2.75, 3.05) is 29.2 Å². The molecule has 1 amide bonds. The lowest BCUT2D eigenvalue weighted by molar-refractivity contribution is 0.102. The van der Waals surface area contributed by atoms with Crippen molar-refractivity contribution in [1.29, 1.82) is 0 Å². The molecule has 4 aromatic rings. The monoisotopic (exact) mass is 520 g/mol. The Morgan fingerprint density at radius 1 is 1.13 bits per heavy atom. The molecule has 0 bridgehead atoms. The normalized spacial score (nSPS) is 17.2. The molecule has 11 nitrogen and oxygen atoms in total. The molecule has 1 aliphatic carbocycles. The molecular weight excluding hydrogens is 491 g/mol. The third-order valence-electron chi connectivity index (χ3n) is 6.34. The zero-order chi connectivity index (χ0) is 26.5. The first kappa shape index (κ1) is 25.4. The topological polar surface area (TPSA) is 152 Å². The number of carbonyl (C=O) groups excluding carboxylic acids is 1. The number of nitrogens with zero attached hydrogens (tertiary/aromatic N) is 4. The van der Waals surface area contributed by atoms with E-state index >= 15 is 0 Å². The minimum atomic E-state index is -0.644. The third-order valence-corrected chi connectivity index (χ3v) is 6.34. The molecule has 12 heteroatoms. The number of nitrogens with one attached hydrogen (secondary N) is 3. The number of rotatable bonds is 9. The van der Waals surface area contributed by atoms with Crippen LogP contribution in [0.5, 0.6) is 5.75 Å². The zero-order valence-corrected chi connectivity index (χ0v) is 20.6. The van der Waals surface area contributed by atoms with Crippen LogP contribution in [0, 0.1) is 5.82 Å². The largest absolute Gasteiger partial charge is 0.491 e. The van der Waals surface area contributed by atoms with E-state index in [0.717, 1.165) is 37.6 Å². The molecule has 198 valence electrons. The second kappa shape index (κ2) is 11.4. The van der Waals surface area contributed by atoms with Crippen LogP contribution in [0.15, 0.2) is 55.0 Å². The molecular formula is C26H29FN8O3. The maximum Gasteiger partial charge on any atom is 0.276 e. The second-order valence-electron chi connectivity index (χ2n) is 9.11. The van der Waals surface area contributed by atoms with Crippen LogP contribution < -0.4 is 26.4 Å². The summed E-state index contributed by atoms with van der Waals surface area (Å²) in [5.41, 5.74) is 8.01. The lowest BCUT2D eigenvalue weighted by atomic mass is 9.92. The molecule has 3 heterocycles. The van der Waals surface area contributed by atoms with Crippen molar-refractivity contribution in [1.82, 2.24) is 19.6 Å². The molecule has 0 unspecified atom stereocenters. The Kier molecular flexibility index (Phi) is 7.61. The molecule has 0 saturated heterocycles. The van der Waals surface area contributed by atoms with E-state index in [4.69, 9.17) is 15.6 Å². The summed E-state index contributed by atoms with van der Waals surface area (Å²) in [6, 6.07) is 10.9. The maximum atomic E-state index is 14.1. The van der Waals surface area contributed by atoms with Crippen LogP contribution in [-0.4, -0.2) is 55.9 Å². The van der Waals surface area contributed by atoms with Gasteiger partial charge in [-0.15, -0.1) is 5.10 Å². The van der Waals surface area contributed by atoms with Crippen molar-refractivity contribution in [2.24, 2.45) is 5.73 Å². The van der Waals surface area contributed by atoms with E-state index in [1.807, 2.05) is 18.2 Å². The van der Waals surface area contributed by atoms with Crippen LogP contribution >= 0.6 is 0 Å². The molecule has 1 saturated carbocycles. The van der Waals surface area contributed by atoms with Gasteiger partial charge in [0.2, 0.25) is 0 Å². The Hall–Kier alpha value is -4.29. The molecule has 0 spiro atoms. The molecule has 1 fully saturated rings. The van der Waals surface area contributed by atoms with Crippen molar-refractivity contribution in [3.05, 3.63) is 66.5 Å². The highest BCUT2D eigenvalue weighted by atomic mass is 19.1. The molecule has 0 aliphatic heterocycles. The van der Waals surface area contributed by atoms with E-state index in [1.165, 1.54) is 23.0 Å². The molecule has 5 rings (SSSR count). The third kappa shape index (κ3) is 5.82. The lowest BCUT2D eigenvalue weighted by Crippen LogP contribution is -2.33. The SMILES string of the molecule is NC1CCC(Nc2cc(Nc3ccc(OCCO)cc3)c3ncc(C(=O)Nc4ccncc4F)n3n2)CC1. The van der Waals surface area contributed by atoms with Gasteiger partial charge in [-0.3, -0.25) is 9.78 Å². The van der Waals surface area contributed by atoms with Crippen molar-refractivity contribution in [2.45, 2.75) is 37.8 Å². The first-order chi connectivity index (χ1) is 18.5. The molecule has 0 radical (unpaired) electrons. The van der Waals surface area contributed by atoms with Gasteiger partial charge in [0.05, 0.1) is 30.4 Å². The van der Waals surface area contributed by atoms with Crippen LogP contribution in [0.2, 0.25) is 0 Å². The highest BCUT2D eigenvalue weighted by Gasteiger charge is 2.22. The fourth-order valence-electron chi connectivity index (χ4n) is 4.37. The summed E-state index contributed by atoms with van der Waals surface area (Å²) in [7, 11) is 0. The van der Waals surface area contributed by atoms with E-state index < -0.39 is 11.7 Å².